The van der Waals surface area contributed by atoms with Crippen molar-refractivity contribution in [2.24, 2.45) is 0 Å². The van der Waals surface area contributed by atoms with Crippen molar-refractivity contribution in [2.45, 2.75) is 19.0 Å². The Morgan fingerprint density at radius 2 is 1.84 bits per heavy atom. The van der Waals surface area contributed by atoms with Crippen LogP contribution in [-0.2, 0) is 4.74 Å². The van der Waals surface area contributed by atoms with Gasteiger partial charge in [-0.3, -0.25) is 15.0 Å². The van der Waals surface area contributed by atoms with E-state index in [2.05, 4.69) is 4.74 Å². The number of methoxy groups -OCH3 is 1. The van der Waals surface area contributed by atoms with Crippen LogP contribution in [0.4, 0.5) is 0 Å². The Morgan fingerprint density at radius 3 is 2.21 bits per heavy atom. The lowest BCUT2D eigenvalue weighted by molar-refractivity contribution is -0.526. The molecule has 0 aliphatic carbocycles. The molecule has 0 aromatic heterocycles. The summed E-state index contributed by atoms with van der Waals surface area (Å²) in [6.07, 6.45) is 0. The van der Waals surface area contributed by atoms with E-state index in [1.165, 1.54) is 7.11 Å². The van der Waals surface area contributed by atoms with E-state index in [4.69, 9.17) is 0 Å². The molecule has 0 radical (unpaired) electrons. The number of nitro groups is 1. The van der Waals surface area contributed by atoms with Gasteiger partial charge in [-0.15, -0.1) is 0 Å². The first-order chi connectivity index (χ1) is 8.88. The smallest absolute Gasteiger partial charge is 0.337 e. The maximum Gasteiger partial charge on any atom is 0.337 e. The van der Waals surface area contributed by atoms with Crippen molar-refractivity contribution in [3.8, 4) is 0 Å². The summed E-state index contributed by atoms with van der Waals surface area (Å²) < 4.78 is 4.61. The molecule has 6 heteroatoms. The summed E-state index contributed by atoms with van der Waals surface area (Å²) in [5.74, 6) is -0.421. The van der Waals surface area contributed by atoms with Crippen molar-refractivity contribution in [3.05, 3.63) is 45.5 Å². The van der Waals surface area contributed by atoms with Crippen LogP contribution >= 0.6 is 0 Å². The first-order valence-electron chi connectivity index (χ1n) is 5.86. The minimum absolute atomic E-state index is 0.307. The zero-order valence-corrected chi connectivity index (χ0v) is 11.5. The van der Waals surface area contributed by atoms with E-state index in [-0.39, 0.29) is 11.0 Å². The maximum atomic E-state index is 11.3. The molecule has 0 amide bonds. The molecule has 0 unspecified atom stereocenters. The summed E-state index contributed by atoms with van der Waals surface area (Å²) >= 11 is 0. The van der Waals surface area contributed by atoms with Crippen molar-refractivity contribution >= 4 is 5.97 Å². The van der Waals surface area contributed by atoms with Crippen molar-refractivity contribution in [1.82, 2.24) is 4.90 Å². The van der Waals surface area contributed by atoms with Crippen molar-refractivity contribution < 1.29 is 14.5 Å². The Labute approximate surface area is 112 Å². The Balaban J connectivity index is 3.05. The summed E-state index contributed by atoms with van der Waals surface area (Å²) in [6, 6.07) is 5.59. The van der Waals surface area contributed by atoms with Gasteiger partial charge in [0.25, 0.3) is 0 Å². The van der Waals surface area contributed by atoms with Gasteiger partial charge in [-0.1, -0.05) is 12.1 Å². The maximum absolute atomic E-state index is 11.3. The van der Waals surface area contributed by atoms with Crippen molar-refractivity contribution in [1.29, 1.82) is 0 Å². The molecule has 6 nitrogen and oxygen atoms in total. The van der Waals surface area contributed by atoms with Crippen molar-refractivity contribution in [2.75, 3.05) is 21.2 Å². The normalized spacial score (nSPS) is 13.9. The standard InChI is InChI=1S/C13H18N2O4/c1-9(15(17)18)12(14(2)3)10-5-7-11(8-6-10)13(16)19-4/h5-9,12H,1-4H3/t9-,12+/m0/s1. The zero-order chi connectivity index (χ0) is 14.6. The molecular weight excluding hydrogens is 248 g/mol. The number of esters is 1. The third kappa shape index (κ3) is 3.51. The molecule has 1 rings (SSSR count). The van der Waals surface area contributed by atoms with Crippen LogP contribution in [0.5, 0.6) is 0 Å². The molecule has 1 aromatic carbocycles. The van der Waals surface area contributed by atoms with E-state index >= 15 is 0 Å². The minimum atomic E-state index is -0.737. The van der Waals surface area contributed by atoms with E-state index < -0.39 is 12.0 Å². The largest absolute Gasteiger partial charge is 0.465 e. The molecule has 19 heavy (non-hydrogen) atoms. The second-order valence-corrected chi connectivity index (χ2v) is 4.55. The van der Waals surface area contributed by atoms with Crippen molar-refractivity contribution in [3.63, 3.8) is 0 Å². The Bertz CT molecular complexity index is 456. The Kier molecular flexibility index (Phi) is 5.00. The SMILES string of the molecule is COC(=O)c1ccc([C@@H]([C@H](C)[N+](=O)[O-])N(C)C)cc1. The quantitative estimate of drug-likeness (QED) is 0.461. The van der Waals surface area contributed by atoms with E-state index in [0.717, 1.165) is 5.56 Å². The van der Waals surface area contributed by atoms with Crippen LogP contribution in [0.2, 0.25) is 0 Å². The van der Waals surface area contributed by atoms with Crippen LogP contribution in [0.15, 0.2) is 24.3 Å². The number of nitrogens with zero attached hydrogens (tertiary/aromatic N) is 2. The topological polar surface area (TPSA) is 72.7 Å². The summed E-state index contributed by atoms with van der Waals surface area (Å²) in [4.78, 5) is 23.8. The van der Waals surface area contributed by atoms with E-state index in [1.54, 1.807) is 50.2 Å². The average Bonchev–Trinajstić information content (AvgIpc) is 2.38. The van der Waals surface area contributed by atoms with Gasteiger partial charge >= 0.3 is 5.97 Å². The van der Waals surface area contributed by atoms with Gasteiger partial charge in [-0.2, -0.15) is 0 Å². The lowest BCUT2D eigenvalue weighted by Gasteiger charge is -2.25. The molecule has 0 aliphatic rings. The lowest BCUT2D eigenvalue weighted by atomic mass is 9.98. The first kappa shape index (κ1) is 15.1. The second-order valence-electron chi connectivity index (χ2n) is 4.55. The van der Waals surface area contributed by atoms with Gasteiger partial charge in [0, 0.05) is 11.8 Å². The number of benzene rings is 1. The van der Waals surface area contributed by atoms with E-state index in [9.17, 15) is 14.9 Å². The molecule has 0 heterocycles. The highest BCUT2D eigenvalue weighted by Gasteiger charge is 2.30. The third-order valence-corrected chi connectivity index (χ3v) is 3.02. The van der Waals surface area contributed by atoms with E-state index in [1.807, 2.05) is 0 Å². The van der Waals surface area contributed by atoms with Gasteiger partial charge in [0.15, 0.2) is 0 Å². The molecule has 0 fully saturated rings. The van der Waals surface area contributed by atoms with Crippen LogP contribution in [0.25, 0.3) is 0 Å². The number of carbonyl (C=O) groups is 1. The lowest BCUT2D eigenvalue weighted by Crippen LogP contribution is -2.34. The number of rotatable bonds is 5. The molecule has 2 atom stereocenters. The highest BCUT2D eigenvalue weighted by Crippen LogP contribution is 2.24. The van der Waals surface area contributed by atoms with Gasteiger partial charge in [-0.25, -0.2) is 4.79 Å². The minimum Gasteiger partial charge on any atom is -0.465 e. The zero-order valence-electron chi connectivity index (χ0n) is 11.5. The van der Waals surface area contributed by atoms with Crippen LogP contribution in [0.3, 0.4) is 0 Å². The van der Waals surface area contributed by atoms with Gasteiger partial charge in [-0.05, 0) is 31.8 Å². The fourth-order valence-corrected chi connectivity index (χ4v) is 2.06. The molecule has 0 saturated heterocycles. The molecule has 0 spiro atoms. The molecule has 0 aliphatic heterocycles. The molecule has 1 aromatic rings. The van der Waals surface area contributed by atoms with E-state index in [0.29, 0.717) is 5.56 Å². The van der Waals surface area contributed by atoms with Crippen LogP contribution in [-0.4, -0.2) is 43.0 Å². The number of hydrogen-bond acceptors (Lipinski definition) is 5. The molecule has 0 N–H and O–H groups in total. The van der Waals surface area contributed by atoms with Crippen LogP contribution in [0, 0.1) is 10.1 Å². The summed E-state index contributed by atoms with van der Waals surface area (Å²) in [7, 11) is 4.89. The monoisotopic (exact) mass is 266 g/mol. The Hall–Kier alpha value is -1.95. The molecule has 104 valence electrons. The van der Waals surface area contributed by atoms with Gasteiger partial charge in [0.1, 0.15) is 6.04 Å². The summed E-state index contributed by atoms with van der Waals surface area (Å²) in [6.45, 7) is 1.57. The predicted octanol–water partition coefficient (Wildman–Crippen LogP) is 1.74. The third-order valence-electron chi connectivity index (χ3n) is 3.02. The highest BCUT2D eigenvalue weighted by atomic mass is 16.6. The number of ether oxygens (including phenoxy) is 1. The summed E-state index contributed by atoms with van der Waals surface area (Å²) in [5, 5.41) is 10.9. The fourth-order valence-electron chi connectivity index (χ4n) is 2.06. The highest BCUT2D eigenvalue weighted by molar-refractivity contribution is 5.89. The number of carbonyl (C=O) groups excluding carboxylic acids is 1. The second kappa shape index (κ2) is 6.29. The first-order valence-corrected chi connectivity index (χ1v) is 5.86. The predicted molar refractivity (Wildman–Crippen MR) is 70.7 cm³/mol. The van der Waals surface area contributed by atoms with Gasteiger partial charge in [0.05, 0.1) is 12.7 Å². The fraction of sp³-hybridized carbons (Fsp3) is 0.462. The van der Waals surface area contributed by atoms with Gasteiger partial charge < -0.3 is 4.74 Å². The number of hydrogen-bond donors (Lipinski definition) is 0. The Morgan fingerprint density at radius 1 is 1.32 bits per heavy atom. The average molecular weight is 266 g/mol. The number of likely N-dealkylation sites (N-methyl/N-ethyl adjacent to an activating group) is 1. The van der Waals surface area contributed by atoms with Crippen LogP contribution < -0.4 is 0 Å². The summed E-state index contributed by atoms with van der Waals surface area (Å²) in [5.41, 5.74) is 1.22. The molecular formula is C13H18N2O4. The molecule has 0 saturated carbocycles. The van der Waals surface area contributed by atoms with Gasteiger partial charge in [0.2, 0.25) is 6.04 Å². The van der Waals surface area contributed by atoms with Crippen LogP contribution in [0.1, 0.15) is 28.9 Å². The molecule has 0 bridgehead atoms.